The van der Waals surface area contributed by atoms with Crippen LogP contribution in [0.1, 0.15) is 15.9 Å². The van der Waals surface area contributed by atoms with E-state index in [4.69, 9.17) is 16.7 Å². The number of anilines is 1. The predicted molar refractivity (Wildman–Crippen MR) is 83.8 cm³/mol. The summed E-state index contributed by atoms with van der Waals surface area (Å²) in [5, 5.41) is 22.4. The lowest BCUT2D eigenvalue weighted by Crippen LogP contribution is -2.16. The molecule has 0 saturated carbocycles. The maximum atomic E-state index is 12.0. The second-order valence-corrected chi connectivity index (χ2v) is 5.08. The molecule has 2 N–H and O–H groups in total. The molecule has 1 amide bonds. The molecule has 0 spiro atoms. The van der Waals surface area contributed by atoms with Crippen molar-refractivity contribution >= 4 is 34.9 Å². The van der Waals surface area contributed by atoms with Crippen molar-refractivity contribution in [3.05, 3.63) is 68.7 Å². The standard InChI is InChI=1S/C15H11ClN2O5/c16-10-3-6-12(15(20)21)13(8-10)17-14(19)7-9-1-4-11(5-2-9)18(22)23/h1-6,8H,7H2,(H,17,19)(H,20,21). The smallest absolute Gasteiger partial charge is 0.337 e. The number of carbonyl (C=O) groups is 2. The quantitative estimate of drug-likeness (QED) is 0.644. The molecule has 2 aromatic rings. The van der Waals surface area contributed by atoms with Gasteiger partial charge < -0.3 is 10.4 Å². The minimum atomic E-state index is -1.19. The number of halogens is 1. The van der Waals surface area contributed by atoms with E-state index in [1.165, 1.54) is 42.5 Å². The van der Waals surface area contributed by atoms with Crippen molar-refractivity contribution in [3.63, 3.8) is 0 Å². The van der Waals surface area contributed by atoms with Crippen LogP contribution in [0.5, 0.6) is 0 Å². The van der Waals surface area contributed by atoms with Gasteiger partial charge in [0.15, 0.2) is 0 Å². The second kappa shape index (κ2) is 6.89. The third kappa shape index (κ3) is 4.27. The number of benzene rings is 2. The summed E-state index contributed by atoms with van der Waals surface area (Å²) in [6, 6.07) is 9.58. The van der Waals surface area contributed by atoms with Crippen LogP contribution in [0, 0.1) is 10.1 Å². The van der Waals surface area contributed by atoms with Gasteiger partial charge in [0.25, 0.3) is 5.69 Å². The van der Waals surface area contributed by atoms with Crippen molar-refractivity contribution in [2.24, 2.45) is 0 Å². The minimum Gasteiger partial charge on any atom is -0.478 e. The normalized spacial score (nSPS) is 10.1. The Balaban J connectivity index is 2.12. The Labute approximate surface area is 135 Å². The molecule has 0 aliphatic heterocycles. The van der Waals surface area contributed by atoms with Gasteiger partial charge in [0.1, 0.15) is 0 Å². The SMILES string of the molecule is O=C(Cc1ccc([N+](=O)[O-])cc1)Nc1cc(Cl)ccc1C(=O)O. The molecule has 23 heavy (non-hydrogen) atoms. The molecule has 0 radical (unpaired) electrons. The highest BCUT2D eigenvalue weighted by Crippen LogP contribution is 2.21. The Hall–Kier alpha value is -2.93. The second-order valence-electron chi connectivity index (χ2n) is 4.64. The fourth-order valence-corrected chi connectivity index (χ4v) is 2.09. The Kier molecular flexibility index (Phi) is 4.92. The van der Waals surface area contributed by atoms with Crippen molar-refractivity contribution in [2.75, 3.05) is 5.32 Å². The van der Waals surface area contributed by atoms with Gasteiger partial charge in [-0.15, -0.1) is 0 Å². The van der Waals surface area contributed by atoms with Crippen LogP contribution >= 0.6 is 11.6 Å². The van der Waals surface area contributed by atoms with E-state index >= 15 is 0 Å². The van der Waals surface area contributed by atoms with Crippen LogP contribution < -0.4 is 5.32 Å². The molecular weight excluding hydrogens is 324 g/mol. The highest BCUT2D eigenvalue weighted by molar-refractivity contribution is 6.31. The molecule has 0 aliphatic rings. The number of nitrogens with zero attached hydrogens (tertiary/aromatic N) is 1. The third-order valence-corrected chi connectivity index (χ3v) is 3.23. The van der Waals surface area contributed by atoms with Gasteiger partial charge in [-0.2, -0.15) is 0 Å². The molecule has 0 heterocycles. The van der Waals surface area contributed by atoms with E-state index < -0.39 is 16.8 Å². The first-order valence-corrected chi connectivity index (χ1v) is 6.80. The van der Waals surface area contributed by atoms with E-state index in [-0.39, 0.29) is 23.4 Å². The fourth-order valence-electron chi connectivity index (χ4n) is 1.92. The Morgan fingerprint density at radius 1 is 1.17 bits per heavy atom. The Morgan fingerprint density at radius 2 is 1.83 bits per heavy atom. The number of non-ortho nitro benzene ring substituents is 1. The average molecular weight is 335 g/mol. The lowest BCUT2D eigenvalue weighted by Gasteiger charge is -2.09. The lowest BCUT2D eigenvalue weighted by atomic mass is 10.1. The zero-order valence-electron chi connectivity index (χ0n) is 11.7. The van der Waals surface area contributed by atoms with Gasteiger partial charge >= 0.3 is 5.97 Å². The molecule has 0 aromatic heterocycles. The van der Waals surface area contributed by atoms with Crippen LogP contribution in [0.3, 0.4) is 0 Å². The zero-order valence-corrected chi connectivity index (χ0v) is 12.4. The molecule has 2 rings (SSSR count). The minimum absolute atomic E-state index is 0.0520. The molecular formula is C15H11ClN2O5. The summed E-state index contributed by atoms with van der Waals surface area (Å²) in [4.78, 5) is 33.2. The van der Waals surface area contributed by atoms with Gasteiger partial charge in [-0.25, -0.2) is 4.79 Å². The Bertz CT molecular complexity index is 774. The number of carboxylic acids is 1. The summed E-state index contributed by atoms with van der Waals surface area (Å²) in [7, 11) is 0. The number of nitro benzene ring substituents is 1. The molecule has 0 atom stereocenters. The highest BCUT2D eigenvalue weighted by Gasteiger charge is 2.14. The van der Waals surface area contributed by atoms with E-state index in [0.29, 0.717) is 10.6 Å². The fraction of sp³-hybridized carbons (Fsp3) is 0.0667. The summed E-state index contributed by atoms with van der Waals surface area (Å²) >= 11 is 5.80. The first kappa shape index (κ1) is 16.4. The van der Waals surface area contributed by atoms with Gasteiger partial charge in [0.05, 0.1) is 22.6 Å². The number of nitro groups is 1. The molecule has 118 valence electrons. The van der Waals surface area contributed by atoms with Gasteiger partial charge in [-0.3, -0.25) is 14.9 Å². The van der Waals surface area contributed by atoms with Crippen molar-refractivity contribution in [2.45, 2.75) is 6.42 Å². The summed E-state index contributed by atoms with van der Waals surface area (Å²) in [5.41, 5.74) is 0.507. The Morgan fingerprint density at radius 3 is 2.39 bits per heavy atom. The number of carboxylic acid groups (broad SMARTS) is 1. The summed E-state index contributed by atoms with van der Waals surface area (Å²) in [6.45, 7) is 0. The summed E-state index contributed by atoms with van der Waals surface area (Å²) < 4.78 is 0. The molecule has 2 aromatic carbocycles. The first-order chi connectivity index (χ1) is 10.9. The van der Waals surface area contributed by atoms with E-state index in [1.54, 1.807) is 0 Å². The number of hydrogen-bond donors (Lipinski definition) is 2. The highest BCUT2D eigenvalue weighted by atomic mass is 35.5. The van der Waals surface area contributed by atoms with Crippen LogP contribution in [0.15, 0.2) is 42.5 Å². The van der Waals surface area contributed by atoms with Crippen LogP contribution in [0.4, 0.5) is 11.4 Å². The molecule has 0 bridgehead atoms. The maximum absolute atomic E-state index is 12.0. The number of aromatic carboxylic acids is 1. The maximum Gasteiger partial charge on any atom is 0.337 e. The van der Waals surface area contributed by atoms with E-state index in [9.17, 15) is 19.7 Å². The number of hydrogen-bond acceptors (Lipinski definition) is 4. The van der Waals surface area contributed by atoms with E-state index in [1.807, 2.05) is 0 Å². The average Bonchev–Trinajstić information content (AvgIpc) is 2.47. The van der Waals surface area contributed by atoms with Crippen molar-refractivity contribution < 1.29 is 19.6 Å². The van der Waals surface area contributed by atoms with Crippen molar-refractivity contribution in [1.29, 1.82) is 0 Å². The van der Waals surface area contributed by atoms with Crippen LogP contribution in [-0.2, 0) is 11.2 Å². The van der Waals surface area contributed by atoms with Gasteiger partial charge in [-0.05, 0) is 23.8 Å². The molecule has 0 aliphatic carbocycles. The van der Waals surface area contributed by atoms with Gasteiger partial charge in [0, 0.05) is 17.2 Å². The number of nitrogens with one attached hydrogen (secondary N) is 1. The third-order valence-electron chi connectivity index (χ3n) is 3.00. The van der Waals surface area contributed by atoms with Crippen LogP contribution in [0.25, 0.3) is 0 Å². The zero-order chi connectivity index (χ0) is 17.0. The number of carbonyl (C=O) groups excluding carboxylic acids is 1. The monoisotopic (exact) mass is 334 g/mol. The van der Waals surface area contributed by atoms with E-state index in [2.05, 4.69) is 5.32 Å². The molecule has 0 saturated heterocycles. The summed E-state index contributed by atoms with van der Waals surface area (Å²) in [6.07, 6.45) is -0.0520. The molecule has 0 fully saturated rings. The predicted octanol–water partition coefficient (Wildman–Crippen LogP) is 3.13. The van der Waals surface area contributed by atoms with E-state index in [0.717, 1.165) is 0 Å². The van der Waals surface area contributed by atoms with Crippen molar-refractivity contribution in [1.82, 2.24) is 0 Å². The van der Waals surface area contributed by atoms with Gasteiger partial charge in [-0.1, -0.05) is 23.7 Å². The first-order valence-electron chi connectivity index (χ1n) is 6.43. The molecule has 0 unspecified atom stereocenters. The largest absolute Gasteiger partial charge is 0.478 e. The van der Waals surface area contributed by atoms with Crippen LogP contribution in [-0.4, -0.2) is 21.9 Å². The number of rotatable bonds is 5. The molecule has 7 nitrogen and oxygen atoms in total. The van der Waals surface area contributed by atoms with Crippen molar-refractivity contribution in [3.8, 4) is 0 Å². The lowest BCUT2D eigenvalue weighted by molar-refractivity contribution is -0.384. The number of amides is 1. The van der Waals surface area contributed by atoms with Crippen LogP contribution in [0.2, 0.25) is 5.02 Å². The molecule has 8 heteroatoms. The topological polar surface area (TPSA) is 110 Å². The van der Waals surface area contributed by atoms with Gasteiger partial charge in [0.2, 0.25) is 5.91 Å². The summed E-state index contributed by atoms with van der Waals surface area (Å²) in [5.74, 6) is -1.64.